The van der Waals surface area contributed by atoms with Gasteiger partial charge in [-0.15, -0.1) is 0 Å². The van der Waals surface area contributed by atoms with Gasteiger partial charge >= 0.3 is 0 Å². The highest BCUT2D eigenvalue weighted by Crippen LogP contribution is 2.40. The van der Waals surface area contributed by atoms with Crippen LogP contribution in [0, 0.1) is 5.41 Å². The second-order valence-corrected chi connectivity index (χ2v) is 4.21. The number of aliphatic hydroxyl groups is 1. The van der Waals surface area contributed by atoms with Crippen molar-refractivity contribution in [1.82, 2.24) is 9.97 Å². The average Bonchev–Trinajstić information content (AvgIpc) is 2.39. The summed E-state index contributed by atoms with van der Waals surface area (Å²) in [4.78, 5) is 8.11. The molecular weight excluding hydrogens is 206 g/mol. The lowest BCUT2D eigenvalue weighted by Gasteiger charge is -2.39. The second-order valence-electron chi connectivity index (χ2n) is 4.21. The van der Waals surface area contributed by atoms with Crippen molar-refractivity contribution in [2.75, 3.05) is 19.8 Å². The van der Waals surface area contributed by atoms with Gasteiger partial charge in [0.05, 0.1) is 11.9 Å². The molecule has 88 valence electrons. The summed E-state index contributed by atoms with van der Waals surface area (Å²) in [6.45, 7) is 1.73. The third-order valence-corrected chi connectivity index (χ3v) is 3.34. The van der Waals surface area contributed by atoms with Crippen molar-refractivity contribution in [3.05, 3.63) is 24.3 Å². The first-order valence-corrected chi connectivity index (χ1v) is 5.50. The van der Waals surface area contributed by atoms with E-state index in [4.69, 9.17) is 10.5 Å². The summed E-state index contributed by atoms with van der Waals surface area (Å²) in [5, 5.41) is 10.4. The zero-order valence-electron chi connectivity index (χ0n) is 9.17. The van der Waals surface area contributed by atoms with E-state index in [2.05, 4.69) is 9.97 Å². The molecule has 5 nitrogen and oxygen atoms in total. The Bertz CT molecular complexity index is 325. The fraction of sp³-hybridized carbons (Fsp3) is 0.636. The minimum absolute atomic E-state index is 0.311. The molecule has 2 heterocycles. The largest absolute Gasteiger partial charge is 0.386 e. The van der Waals surface area contributed by atoms with Crippen LogP contribution < -0.4 is 5.73 Å². The molecule has 16 heavy (non-hydrogen) atoms. The Morgan fingerprint density at radius 3 is 2.75 bits per heavy atom. The van der Waals surface area contributed by atoms with E-state index in [9.17, 15) is 5.11 Å². The number of rotatable bonds is 3. The molecule has 0 saturated carbocycles. The van der Waals surface area contributed by atoms with Gasteiger partial charge in [-0.2, -0.15) is 0 Å². The summed E-state index contributed by atoms with van der Waals surface area (Å²) < 4.78 is 5.31. The van der Waals surface area contributed by atoms with Crippen LogP contribution in [0.2, 0.25) is 0 Å². The molecule has 1 saturated heterocycles. The van der Waals surface area contributed by atoms with Crippen molar-refractivity contribution in [2.45, 2.75) is 18.9 Å². The normalized spacial score (nSPS) is 21.6. The van der Waals surface area contributed by atoms with Crippen LogP contribution >= 0.6 is 0 Å². The van der Waals surface area contributed by atoms with Gasteiger partial charge in [0.25, 0.3) is 0 Å². The third-order valence-electron chi connectivity index (χ3n) is 3.34. The Balaban J connectivity index is 2.20. The lowest BCUT2D eigenvalue weighted by atomic mass is 9.74. The number of aliphatic hydroxyl groups excluding tert-OH is 1. The monoisotopic (exact) mass is 223 g/mol. The van der Waals surface area contributed by atoms with E-state index in [0.29, 0.717) is 25.5 Å². The van der Waals surface area contributed by atoms with Crippen LogP contribution in [0.3, 0.4) is 0 Å². The smallest absolute Gasteiger partial charge is 0.104 e. The molecule has 0 spiro atoms. The van der Waals surface area contributed by atoms with Crippen molar-refractivity contribution < 1.29 is 9.84 Å². The molecule has 1 unspecified atom stereocenters. The maximum absolute atomic E-state index is 10.4. The molecule has 1 aromatic heterocycles. The Hall–Kier alpha value is -1.04. The average molecular weight is 223 g/mol. The summed E-state index contributed by atoms with van der Waals surface area (Å²) in [6.07, 6.45) is 5.65. The minimum Gasteiger partial charge on any atom is -0.386 e. The lowest BCUT2D eigenvalue weighted by Crippen LogP contribution is -2.42. The van der Waals surface area contributed by atoms with E-state index in [1.165, 1.54) is 0 Å². The van der Waals surface area contributed by atoms with Gasteiger partial charge in [0.2, 0.25) is 0 Å². The summed E-state index contributed by atoms with van der Waals surface area (Å²) in [6, 6.07) is 0. The summed E-state index contributed by atoms with van der Waals surface area (Å²) in [5.41, 5.74) is 6.09. The highest BCUT2D eigenvalue weighted by molar-refractivity contribution is 5.06. The van der Waals surface area contributed by atoms with Crippen molar-refractivity contribution in [3.63, 3.8) is 0 Å². The quantitative estimate of drug-likeness (QED) is 0.768. The van der Waals surface area contributed by atoms with E-state index < -0.39 is 6.10 Å². The molecule has 0 aliphatic carbocycles. The molecule has 0 amide bonds. The predicted molar refractivity (Wildman–Crippen MR) is 58.5 cm³/mol. The Kier molecular flexibility index (Phi) is 3.48. The van der Waals surface area contributed by atoms with E-state index in [1.54, 1.807) is 18.6 Å². The van der Waals surface area contributed by atoms with Gasteiger partial charge in [0, 0.05) is 37.6 Å². The number of nitrogens with zero attached hydrogens (tertiary/aromatic N) is 2. The van der Waals surface area contributed by atoms with Gasteiger partial charge < -0.3 is 15.6 Å². The van der Waals surface area contributed by atoms with Crippen LogP contribution in [-0.4, -0.2) is 34.8 Å². The van der Waals surface area contributed by atoms with E-state index >= 15 is 0 Å². The highest BCUT2D eigenvalue weighted by Gasteiger charge is 2.39. The molecule has 0 aromatic carbocycles. The molecule has 1 aromatic rings. The summed E-state index contributed by atoms with van der Waals surface area (Å²) in [5.74, 6) is 0. The minimum atomic E-state index is -0.657. The Morgan fingerprint density at radius 1 is 1.44 bits per heavy atom. The van der Waals surface area contributed by atoms with Crippen LogP contribution in [-0.2, 0) is 4.74 Å². The van der Waals surface area contributed by atoms with Gasteiger partial charge in [-0.25, -0.2) is 0 Å². The SMILES string of the molecule is NCC1(C(O)c2cnccn2)CCOCC1. The molecule has 2 rings (SSSR count). The Labute approximate surface area is 94.7 Å². The maximum atomic E-state index is 10.4. The first-order valence-electron chi connectivity index (χ1n) is 5.50. The standard InChI is InChI=1S/C11H17N3O2/c12-8-11(1-5-16-6-2-11)10(15)9-7-13-3-4-14-9/h3-4,7,10,15H,1-2,5-6,8,12H2. The van der Waals surface area contributed by atoms with Gasteiger partial charge in [-0.3, -0.25) is 9.97 Å². The lowest BCUT2D eigenvalue weighted by molar-refractivity contribution is -0.0599. The molecule has 0 bridgehead atoms. The number of aromatic nitrogens is 2. The Morgan fingerprint density at radius 2 is 2.19 bits per heavy atom. The van der Waals surface area contributed by atoms with Crippen molar-refractivity contribution >= 4 is 0 Å². The fourth-order valence-corrected chi connectivity index (χ4v) is 2.13. The first kappa shape index (κ1) is 11.4. The van der Waals surface area contributed by atoms with Gasteiger partial charge in [-0.05, 0) is 12.8 Å². The van der Waals surface area contributed by atoms with Gasteiger partial charge in [0.15, 0.2) is 0 Å². The van der Waals surface area contributed by atoms with Gasteiger partial charge in [0.1, 0.15) is 6.10 Å². The maximum Gasteiger partial charge on any atom is 0.104 e. The molecule has 1 atom stereocenters. The zero-order valence-corrected chi connectivity index (χ0v) is 9.17. The molecule has 1 aliphatic rings. The van der Waals surface area contributed by atoms with E-state index in [-0.39, 0.29) is 5.41 Å². The molecule has 1 aliphatic heterocycles. The fourth-order valence-electron chi connectivity index (χ4n) is 2.13. The molecule has 5 heteroatoms. The highest BCUT2D eigenvalue weighted by atomic mass is 16.5. The third kappa shape index (κ3) is 2.07. The van der Waals surface area contributed by atoms with Crippen molar-refractivity contribution in [3.8, 4) is 0 Å². The summed E-state index contributed by atoms with van der Waals surface area (Å²) >= 11 is 0. The van der Waals surface area contributed by atoms with E-state index in [1.807, 2.05) is 0 Å². The van der Waals surface area contributed by atoms with Crippen LogP contribution in [0.4, 0.5) is 0 Å². The van der Waals surface area contributed by atoms with Gasteiger partial charge in [-0.1, -0.05) is 0 Å². The summed E-state index contributed by atoms with van der Waals surface area (Å²) in [7, 11) is 0. The zero-order chi connectivity index (χ0) is 11.4. The molecule has 3 N–H and O–H groups in total. The number of nitrogens with two attached hydrogens (primary N) is 1. The van der Waals surface area contributed by atoms with Crippen LogP contribution in [0.15, 0.2) is 18.6 Å². The number of hydrogen-bond acceptors (Lipinski definition) is 5. The van der Waals surface area contributed by atoms with Crippen LogP contribution in [0.1, 0.15) is 24.6 Å². The molecule has 0 radical (unpaired) electrons. The first-order chi connectivity index (χ1) is 7.78. The molecular formula is C11H17N3O2. The van der Waals surface area contributed by atoms with Crippen molar-refractivity contribution in [2.24, 2.45) is 11.1 Å². The number of ether oxygens (including phenoxy) is 1. The predicted octanol–water partition coefficient (Wildman–Crippen LogP) is 0.265. The second kappa shape index (κ2) is 4.86. The molecule has 1 fully saturated rings. The van der Waals surface area contributed by atoms with Crippen molar-refractivity contribution in [1.29, 1.82) is 0 Å². The topological polar surface area (TPSA) is 81.3 Å². The van der Waals surface area contributed by atoms with E-state index in [0.717, 1.165) is 12.8 Å². The van der Waals surface area contributed by atoms with Crippen LogP contribution in [0.5, 0.6) is 0 Å². The number of hydrogen-bond donors (Lipinski definition) is 2. The van der Waals surface area contributed by atoms with Crippen LogP contribution in [0.25, 0.3) is 0 Å².